The van der Waals surface area contributed by atoms with Crippen LogP contribution in [0, 0.1) is 6.92 Å². The number of nitrogens with one attached hydrogen (secondary N) is 1. The second-order valence-electron chi connectivity index (χ2n) is 6.49. The van der Waals surface area contributed by atoms with Gasteiger partial charge in [-0.05, 0) is 38.2 Å². The van der Waals surface area contributed by atoms with Crippen molar-refractivity contribution in [3.05, 3.63) is 41.2 Å². The van der Waals surface area contributed by atoms with Crippen LogP contribution in [0.1, 0.15) is 54.4 Å². The Morgan fingerprint density at radius 2 is 2.16 bits per heavy atom. The minimum absolute atomic E-state index is 0.0140. The quantitative estimate of drug-likeness (QED) is 0.867. The van der Waals surface area contributed by atoms with Gasteiger partial charge in [0.15, 0.2) is 5.82 Å². The molecule has 7 heteroatoms. The Morgan fingerprint density at radius 1 is 1.36 bits per heavy atom. The fourth-order valence-corrected chi connectivity index (χ4v) is 3.00. The third-order valence-electron chi connectivity index (χ3n) is 4.42. The molecule has 3 rings (SSSR count). The molecule has 1 amide bonds. The molecule has 1 aliphatic heterocycles. The van der Waals surface area contributed by atoms with E-state index in [0.717, 1.165) is 48.5 Å². The Kier molecular flexibility index (Phi) is 5.75. The number of carbonyl (C=O) groups is 1. The van der Waals surface area contributed by atoms with Crippen LogP contribution in [-0.4, -0.2) is 32.3 Å². The van der Waals surface area contributed by atoms with Crippen LogP contribution in [0.3, 0.4) is 0 Å². The van der Waals surface area contributed by atoms with Gasteiger partial charge in [-0.15, -0.1) is 0 Å². The topological polar surface area (TPSA) is 81.9 Å². The second-order valence-corrected chi connectivity index (χ2v) is 6.49. The minimum atomic E-state index is 0.0140. The van der Waals surface area contributed by atoms with E-state index < -0.39 is 0 Å². The maximum atomic E-state index is 12.0. The minimum Gasteiger partial charge on any atom is -0.370 e. The van der Waals surface area contributed by atoms with Gasteiger partial charge in [-0.1, -0.05) is 0 Å². The van der Waals surface area contributed by atoms with E-state index in [2.05, 4.69) is 20.4 Å². The molecule has 7 nitrogen and oxygen atoms in total. The van der Waals surface area contributed by atoms with Crippen molar-refractivity contribution in [1.82, 2.24) is 25.1 Å². The summed E-state index contributed by atoms with van der Waals surface area (Å²) in [5.41, 5.74) is 2.98. The van der Waals surface area contributed by atoms with E-state index >= 15 is 0 Å². The number of aromatic nitrogens is 4. The first-order valence-electron chi connectivity index (χ1n) is 8.80. The summed E-state index contributed by atoms with van der Waals surface area (Å²) in [6, 6.07) is 0. The van der Waals surface area contributed by atoms with Crippen molar-refractivity contribution in [2.24, 2.45) is 7.05 Å². The maximum absolute atomic E-state index is 12.0. The van der Waals surface area contributed by atoms with E-state index in [4.69, 9.17) is 4.74 Å². The van der Waals surface area contributed by atoms with Crippen molar-refractivity contribution in [2.75, 3.05) is 6.61 Å². The Labute approximate surface area is 147 Å². The van der Waals surface area contributed by atoms with Crippen LogP contribution >= 0.6 is 0 Å². The molecule has 2 aromatic heterocycles. The van der Waals surface area contributed by atoms with Gasteiger partial charge in [0.05, 0.1) is 5.69 Å². The van der Waals surface area contributed by atoms with Gasteiger partial charge < -0.3 is 10.1 Å². The number of hydrogen-bond donors (Lipinski definition) is 1. The first-order chi connectivity index (χ1) is 12.1. The second kappa shape index (κ2) is 8.20. The number of ether oxygens (including phenoxy) is 1. The summed E-state index contributed by atoms with van der Waals surface area (Å²) in [5.74, 6) is 0.754. The largest absolute Gasteiger partial charge is 0.370 e. The fraction of sp³-hybridized carbons (Fsp3) is 0.556. The molecule has 25 heavy (non-hydrogen) atoms. The molecule has 0 bridgehead atoms. The normalized spacial score (nSPS) is 17.4. The fourth-order valence-electron chi connectivity index (χ4n) is 3.00. The highest BCUT2D eigenvalue weighted by Gasteiger charge is 2.18. The van der Waals surface area contributed by atoms with Crippen molar-refractivity contribution >= 4 is 5.91 Å². The van der Waals surface area contributed by atoms with Crippen LogP contribution in [0.4, 0.5) is 0 Å². The van der Waals surface area contributed by atoms with E-state index in [1.54, 1.807) is 17.1 Å². The highest BCUT2D eigenvalue weighted by molar-refractivity contribution is 5.76. The molecule has 0 spiro atoms. The highest BCUT2D eigenvalue weighted by atomic mass is 16.5. The summed E-state index contributed by atoms with van der Waals surface area (Å²) in [4.78, 5) is 20.8. The van der Waals surface area contributed by atoms with Crippen molar-refractivity contribution in [3.8, 4) is 0 Å². The molecular formula is C18H25N5O2. The molecule has 1 unspecified atom stereocenters. The predicted octanol–water partition coefficient (Wildman–Crippen LogP) is 2.01. The molecule has 1 aliphatic rings. The monoisotopic (exact) mass is 343 g/mol. The zero-order chi connectivity index (χ0) is 17.6. The lowest BCUT2D eigenvalue weighted by Gasteiger charge is -2.21. The van der Waals surface area contributed by atoms with E-state index in [1.807, 2.05) is 20.2 Å². The summed E-state index contributed by atoms with van der Waals surface area (Å²) < 4.78 is 7.46. The van der Waals surface area contributed by atoms with E-state index in [9.17, 15) is 4.79 Å². The summed E-state index contributed by atoms with van der Waals surface area (Å²) in [5, 5.41) is 7.20. The van der Waals surface area contributed by atoms with Crippen LogP contribution in [0.15, 0.2) is 18.6 Å². The molecule has 0 aliphatic carbocycles. The lowest BCUT2D eigenvalue weighted by Crippen LogP contribution is -2.23. The van der Waals surface area contributed by atoms with Gasteiger partial charge in [0, 0.05) is 50.8 Å². The van der Waals surface area contributed by atoms with Crippen LogP contribution in [0.2, 0.25) is 0 Å². The first kappa shape index (κ1) is 17.5. The van der Waals surface area contributed by atoms with E-state index in [0.29, 0.717) is 19.4 Å². The van der Waals surface area contributed by atoms with Crippen molar-refractivity contribution in [2.45, 2.75) is 51.7 Å². The van der Waals surface area contributed by atoms with Gasteiger partial charge in [0.1, 0.15) is 6.10 Å². The van der Waals surface area contributed by atoms with Crippen molar-refractivity contribution in [3.63, 3.8) is 0 Å². The number of nitrogens with zero attached hydrogens (tertiary/aromatic N) is 4. The van der Waals surface area contributed by atoms with Crippen molar-refractivity contribution in [1.29, 1.82) is 0 Å². The van der Waals surface area contributed by atoms with Crippen LogP contribution in [-0.2, 0) is 29.5 Å². The predicted molar refractivity (Wildman–Crippen MR) is 92.7 cm³/mol. The SMILES string of the molecule is Cc1nn(C)cc1CCC(=O)NCc1cnc(C2CCCCO2)nc1. The maximum Gasteiger partial charge on any atom is 0.220 e. The summed E-state index contributed by atoms with van der Waals surface area (Å²) in [6.07, 6.45) is 9.90. The average molecular weight is 343 g/mol. The Bertz CT molecular complexity index is 705. The van der Waals surface area contributed by atoms with Gasteiger partial charge in [0.25, 0.3) is 0 Å². The lowest BCUT2D eigenvalue weighted by atomic mass is 10.1. The van der Waals surface area contributed by atoms with Crippen molar-refractivity contribution < 1.29 is 9.53 Å². The number of aryl methyl sites for hydroxylation is 3. The average Bonchev–Trinajstić information content (AvgIpc) is 2.96. The third-order valence-corrected chi connectivity index (χ3v) is 4.42. The van der Waals surface area contributed by atoms with Gasteiger partial charge in [-0.25, -0.2) is 9.97 Å². The van der Waals surface area contributed by atoms with Gasteiger partial charge in [0.2, 0.25) is 5.91 Å². The summed E-state index contributed by atoms with van der Waals surface area (Å²) in [7, 11) is 1.89. The van der Waals surface area contributed by atoms with Crippen LogP contribution < -0.4 is 5.32 Å². The molecule has 2 aromatic rings. The summed E-state index contributed by atoms with van der Waals surface area (Å²) >= 11 is 0. The van der Waals surface area contributed by atoms with Gasteiger partial charge >= 0.3 is 0 Å². The van der Waals surface area contributed by atoms with Gasteiger partial charge in [-0.3, -0.25) is 9.48 Å². The molecule has 1 N–H and O–H groups in total. The van der Waals surface area contributed by atoms with Crippen LogP contribution in [0.5, 0.6) is 0 Å². The standard InChI is InChI=1S/C18H25N5O2/c1-13-15(12-23(2)22-13)6-7-17(24)19-9-14-10-20-18(21-11-14)16-5-3-4-8-25-16/h10-12,16H,3-9H2,1-2H3,(H,19,24). The smallest absolute Gasteiger partial charge is 0.220 e. The Hall–Kier alpha value is -2.28. The first-order valence-corrected chi connectivity index (χ1v) is 8.80. The molecule has 1 atom stereocenters. The molecule has 0 aromatic carbocycles. The number of rotatable bonds is 6. The molecule has 1 fully saturated rings. The lowest BCUT2D eigenvalue weighted by molar-refractivity contribution is -0.121. The molecule has 0 radical (unpaired) electrons. The zero-order valence-corrected chi connectivity index (χ0v) is 14.9. The molecule has 3 heterocycles. The molecular weight excluding hydrogens is 318 g/mol. The Morgan fingerprint density at radius 3 is 2.80 bits per heavy atom. The zero-order valence-electron chi connectivity index (χ0n) is 14.9. The molecule has 1 saturated heterocycles. The summed E-state index contributed by atoms with van der Waals surface area (Å²) in [6.45, 7) is 3.18. The van der Waals surface area contributed by atoms with Gasteiger partial charge in [-0.2, -0.15) is 5.10 Å². The molecule has 0 saturated carbocycles. The third kappa shape index (κ3) is 4.85. The van der Waals surface area contributed by atoms with E-state index in [1.165, 1.54) is 0 Å². The number of carbonyl (C=O) groups excluding carboxylic acids is 1. The highest BCUT2D eigenvalue weighted by Crippen LogP contribution is 2.24. The van der Waals surface area contributed by atoms with Crippen LogP contribution in [0.25, 0.3) is 0 Å². The van der Waals surface area contributed by atoms with E-state index in [-0.39, 0.29) is 12.0 Å². The number of hydrogen-bond acceptors (Lipinski definition) is 5. The number of amides is 1. The Balaban J connectivity index is 1.44. The molecule has 134 valence electrons.